The van der Waals surface area contributed by atoms with E-state index in [0.717, 1.165) is 9.99 Å². The molecule has 2 rings (SSSR count). The van der Waals surface area contributed by atoms with Gasteiger partial charge in [-0.3, -0.25) is 4.79 Å². The molecule has 1 aliphatic heterocycles. The van der Waals surface area contributed by atoms with E-state index in [2.05, 4.69) is 0 Å². The summed E-state index contributed by atoms with van der Waals surface area (Å²) in [6, 6.07) is 3.04. The molecule has 1 atom stereocenters. The van der Waals surface area contributed by atoms with E-state index in [9.17, 15) is 9.00 Å². The highest BCUT2D eigenvalue weighted by molar-refractivity contribution is 14.2. The maximum atomic E-state index is 12.0. The fourth-order valence-corrected chi connectivity index (χ4v) is 3.21. The van der Waals surface area contributed by atoms with Gasteiger partial charge in [0.25, 0.3) is 0 Å². The number of nitrogen functional groups attached to an aromatic ring is 1. The Morgan fingerprint density at radius 2 is 2.24 bits per heavy atom. The van der Waals surface area contributed by atoms with Crippen molar-refractivity contribution in [1.82, 2.24) is 0 Å². The van der Waals surface area contributed by atoms with E-state index in [4.69, 9.17) is 10.3 Å². The van der Waals surface area contributed by atoms with Gasteiger partial charge in [-0.05, 0) is 28.1 Å². The summed E-state index contributed by atoms with van der Waals surface area (Å²) in [5, 5.41) is 0. The molecule has 3 N–H and O–H groups in total. The molecule has 6 heteroatoms. The molecule has 0 aliphatic carbocycles. The SMILES string of the molecule is Cc1cc(N)c(S(=O)O)cc1C(=O)CC1=IC1. The van der Waals surface area contributed by atoms with E-state index in [0.29, 0.717) is 12.0 Å². The topological polar surface area (TPSA) is 80.4 Å². The summed E-state index contributed by atoms with van der Waals surface area (Å²) in [7, 11) is 0. The Morgan fingerprint density at radius 3 is 2.76 bits per heavy atom. The van der Waals surface area contributed by atoms with E-state index < -0.39 is 11.1 Å². The van der Waals surface area contributed by atoms with Gasteiger partial charge >= 0.3 is 0 Å². The third-order valence-corrected chi connectivity index (χ3v) is 5.47. The Hall–Kier alpha value is -0.600. The van der Waals surface area contributed by atoms with Crippen LogP contribution in [0.25, 0.3) is 0 Å². The van der Waals surface area contributed by atoms with Crippen LogP contribution >= 0.6 is 20.7 Å². The van der Waals surface area contributed by atoms with Gasteiger partial charge in [-0.25, -0.2) is 4.21 Å². The molecule has 4 nitrogen and oxygen atoms in total. The molecule has 1 aliphatic rings. The summed E-state index contributed by atoms with van der Waals surface area (Å²) in [6.07, 6.45) is 0.496. The van der Waals surface area contributed by atoms with Crippen LogP contribution in [0.3, 0.4) is 0 Å². The highest BCUT2D eigenvalue weighted by atomic mass is 127. The monoisotopic (exact) mass is 365 g/mol. The number of Topliss-reactive ketones (excluding diaryl/α,β-unsaturated/α-hetero) is 1. The van der Waals surface area contributed by atoms with Crippen LogP contribution in [-0.2, 0) is 11.1 Å². The number of benzene rings is 1. The molecule has 1 unspecified atom stereocenters. The lowest BCUT2D eigenvalue weighted by Crippen LogP contribution is -2.07. The van der Waals surface area contributed by atoms with Crippen LogP contribution in [0.15, 0.2) is 17.0 Å². The Labute approximate surface area is 112 Å². The molecule has 1 aromatic carbocycles. The highest BCUT2D eigenvalue weighted by Gasteiger charge is 2.19. The van der Waals surface area contributed by atoms with Crippen molar-refractivity contribution in [1.29, 1.82) is 0 Å². The minimum atomic E-state index is -2.15. The highest BCUT2D eigenvalue weighted by Crippen LogP contribution is 2.26. The third kappa shape index (κ3) is 2.99. The summed E-state index contributed by atoms with van der Waals surface area (Å²) in [5.74, 6) is 0.0291. The Bertz CT molecular complexity index is 554. The van der Waals surface area contributed by atoms with Crippen molar-refractivity contribution < 1.29 is 13.6 Å². The van der Waals surface area contributed by atoms with Gasteiger partial charge in [-0.1, -0.05) is 0 Å². The summed E-state index contributed by atoms with van der Waals surface area (Å²) >= 11 is -1.98. The number of halogens is 1. The molecule has 0 aromatic heterocycles. The van der Waals surface area contributed by atoms with Gasteiger partial charge in [0.2, 0.25) is 0 Å². The molecular weight excluding hydrogens is 353 g/mol. The minimum Gasteiger partial charge on any atom is -0.398 e. The summed E-state index contributed by atoms with van der Waals surface area (Å²) in [6.45, 7) is 1.79. The number of carbonyl (C=O) groups is 1. The Balaban J connectivity index is 2.38. The number of anilines is 1. The third-order valence-electron chi connectivity index (χ3n) is 2.52. The van der Waals surface area contributed by atoms with Crippen LogP contribution in [0.1, 0.15) is 22.3 Å². The van der Waals surface area contributed by atoms with E-state index in [-0.39, 0.29) is 37.1 Å². The van der Waals surface area contributed by atoms with Gasteiger partial charge in [-0.15, -0.1) is 20.7 Å². The zero-order valence-electron chi connectivity index (χ0n) is 9.20. The summed E-state index contributed by atoms with van der Waals surface area (Å²) in [4.78, 5) is 12.1. The normalized spacial score (nSPS) is 15.8. The number of carbonyl (C=O) groups excluding carboxylic acids is 1. The lowest BCUT2D eigenvalue weighted by Gasteiger charge is -2.08. The van der Waals surface area contributed by atoms with Gasteiger partial charge in [0.05, 0.1) is 10.6 Å². The molecule has 0 amide bonds. The molecule has 0 saturated carbocycles. The molecule has 0 bridgehead atoms. The number of hydrogen-bond donors (Lipinski definition) is 2. The molecule has 1 aromatic rings. The van der Waals surface area contributed by atoms with E-state index in [1.54, 1.807) is 13.0 Å². The van der Waals surface area contributed by atoms with Crippen molar-refractivity contribution in [3.8, 4) is 0 Å². The Morgan fingerprint density at radius 1 is 1.59 bits per heavy atom. The average Bonchev–Trinajstić information content (AvgIpc) is 3.00. The molecule has 0 radical (unpaired) electrons. The van der Waals surface area contributed by atoms with E-state index >= 15 is 0 Å². The first-order valence-corrected chi connectivity index (χ1v) is 8.68. The number of aryl methyl sites for hydroxylation is 1. The lowest BCUT2D eigenvalue weighted by molar-refractivity contribution is 0.100. The van der Waals surface area contributed by atoms with E-state index in [1.165, 1.54) is 9.58 Å². The maximum Gasteiger partial charge on any atom is 0.188 e. The van der Waals surface area contributed by atoms with Crippen LogP contribution in [0.4, 0.5) is 5.69 Å². The number of alkyl halides is 1. The van der Waals surface area contributed by atoms with Gasteiger partial charge < -0.3 is 10.3 Å². The second kappa shape index (κ2) is 4.95. The fraction of sp³-hybridized carbons (Fsp3) is 0.273. The number of ketones is 1. The van der Waals surface area contributed by atoms with Crippen LogP contribution < -0.4 is 5.73 Å². The van der Waals surface area contributed by atoms with Crippen molar-refractivity contribution in [2.45, 2.75) is 18.2 Å². The number of nitrogens with two attached hydrogens (primary N) is 1. The predicted molar refractivity (Wildman–Crippen MR) is 77.5 cm³/mol. The number of hydrogen-bond acceptors (Lipinski definition) is 3. The second-order valence-corrected chi connectivity index (χ2v) is 7.83. The average molecular weight is 365 g/mol. The smallest absolute Gasteiger partial charge is 0.188 e. The van der Waals surface area contributed by atoms with Crippen LogP contribution in [0, 0.1) is 6.92 Å². The Kier molecular flexibility index (Phi) is 3.74. The van der Waals surface area contributed by atoms with Crippen molar-refractivity contribution in [2.24, 2.45) is 0 Å². The molecule has 1 heterocycles. The molecule has 0 spiro atoms. The maximum absolute atomic E-state index is 12.0. The molecule has 0 fully saturated rings. The predicted octanol–water partition coefficient (Wildman–Crippen LogP) is 1.89. The van der Waals surface area contributed by atoms with Crippen molar-refractivity contribution >= 4 is 46.8 Å². The first kappa shape index (κ1) is 12.8. The van der Waals surface area contributed by atoms with E-state index in [1.807, 2.05) is 0 Å². The zero-order valence-corrected chi connectivity index (χ0v) is 12.2. The first-order chi connectivity index (χ1) is 7.99. The van der Waals surface area contributed by atoms with Crippen LogP contribution in [0.2, 0.25) is 0 Å². The van der Waals surface area contributed by atoms with Crippen LogP contribution in [-0.4, -0.2) is 22.5 Å². The lowest BCUT2D eigenvalue weighted by atomic mass is 10.0. The molecule has 17 heavy (non-hydrogen) atoms. The fourth-order valence-electron chi connectivity index (χ4n) is 1.57. The largest absolute Gasteiger partial charge is 0.398 e. The minimum absolute atomic E-state index is 0.0291. The van der Waals surface area contributed by atoms with Crippen molar-refractivity contribution in [2.75, 3.05) is 10.2 Å². The van der Waals surface area contributed by atoms with Crippen molar-refractivity contribution in [3.05, 3.63) is 23.3 Å². The standard InChI is InChI=1S/C11H12INO3S/c1-6-2-9(13)11(17(15)16)4-8(6)10(14)3-7-5-12-7/h2,4H,3,5,13H2,1H3,(H,15,16). The first-order valence-electron chi connectivity index (χ1n) is 4.97. The summed E-state index contributed by atoms with van der Waals surface area (Å²) < 4.78 is 22.6. The molecular formula is C11H12INO3S. The summed E-state index contributed by atoms with van der Waals surface area (Å²) in [5.41, 5.74) is 7.18. The van der Waals surface area contributed by atoms with Gasteiger partial charge in [0.1, 0.15) is 0 Å². The van der Waals surface area contributed by atoms with Gasteiger partial charge in [-0.2, -0.15) is 0 Å². The zero-order chi connectivity index (χ0) is 12.6. The molecule has 92 valence electrons. The van der Waals surface area contributed by atoms with Gasteiger partial charge in [0.15, 0.2) is 16.9 Å². The second-order valence-electron chi connectivity index (χ2n) is 3.84. The molecule has 0 saturated heterocycles. The van der Waals surface area contributed by atoms with Gasteiger partial charge in [0, 0.05) is 16.4 Å². The number of rotatable bonds is 4. The quantitative estimate of drug-likeness (QED) is 0.281. The van der Waals surface area contributed by atoms with Crippen LogP contribution in [0.5, 0.6) is 0 Å². The van der Waals surface area contributed by atoms with Crippen molar-refractivity contribution in [3.63, 3.8) is 0 Å².